The Balaban J connectivity index is 2.04. The highest BCUT2D eigenvalue weighted by Crippen LogP contribution is 2.38. The lowest BCUT2D eigenvalue weighted by Gasteiger charge is -2.23. The summed E-state index contributed by atoms with van der Waals surface area (Å²) in [7, 11) is 0. The van der Waals surface area contributed by atoms with Gasteiger partial charge in [0.1, 0.15) is 13.2 Å². The van der Waals surface area contributed by atoms with Gasteiger partial charge in [0.2, 0.25) is 0 Å². The number of hydrogen-bond acceptors (Lipinski definition) is 4. The average molecular weight is 344 g/mol. The van der Waals surface area contributed by atoms with E-state index in [0.717, 1.165) is 34.5 Å². The molecule has 1 aromatic carbocycles. The van der Waals surface area contributed by atoms with E-state index in [2.05, 4.69) is 41.2 Å². The Hall–Kier alpha value is -0.780. The van der Waals surface area contributed by atoms with Crippen molar-refractivity contribution >= 4 is 15.9 Å². The molecule has 20 heavy (non-hydrogen) atoms. The molecule has 1 atom stereocenters. The first-order valence-electron chi connectivity index (χ1n) is 7.04. The zero-order chi connectivity index (χ0) is 14.5. The van der Waals surface area contributed by atoms with Crippen LogP contribution in [0.3, 0.4) is 0 Å². The lowest BCUT2D eigenvalue weighted by Crippen LogP contribution is -2.34. The normalized spacial score (nSPS) is 15.4. The standard InChI is InChI=1S/C15H22BrNO3/c1-10(2)13(3-4-18)17-9-11-7-12(16)15-14(8-11)19-5-6-20-15/h7-8,10,13,17-18H,3-6,9H2,1-2H3. The molecule has 112 valence electrons. The molecule has 0 radical (unpaired) electrons. The number of aliphatic hydroxyl groups excluding tert-OH is 1. The van der Waals surface area contributed by atoms with Gasteiger partial charge in [-0.15, -0.1) is 0 Å². The lowest BCUT2D eigenvalue weighted by molar-refractivity contribution is 0.170. The monoisotopic (exact) mass is 343 g/mol. The van der Waals surface area contributed by atoms with Gasteiger partial charge in [-0.25, -0.2) is 0 Å². The van der Waals surface area contributed by atoms with Gasteiger partial charge < -0.3 is 19.9 Å². The molecule has 1 unspecified atom stereocenters. The van der Waals surface area contributed by atoms with E-state index in [9.17, 15) is 0 Å². The van der Waals surface area contributed by atoms with Crippen LogP contribution in [0.2, 0.25) is 0 Å². The van der Waals surface area contributed by atoms with Crippen molar-refractivity contribution in [2.45, 2.75) is 32.9 Å². The van der Waals surface area contributed by atoms with Crippen molar-refractivity contribution in [2.75, 3.05) is 19.8 Å². The van der Waals surface area contributed by atoms with E-state index in [1.807, 2.05) is 6.07 Å². The molecule has 0 bridgehead atoms. The summed E-state index contributed by atoms with van der Waals surface area (Å²) >= 11 is 3.53. The Bertz CT molecular complexity index is 451. The fourth-order valence-corrected chi connectivity index (χ4v) is 2.93. The van der Waals surface area contributed by atoms with Gasteiger partial charge >= 0.3 is 0 Å². The second-order valence-electron chi connectivity index (χ2n) is 5.35. The molecule has 0 aliphatic carbocycles. The van der Waals surface area contributed by atoms with Gasteiger partial charge in [0.25, 0.3) is 0 Å². The highest BCUT2D eigenvalue weighted by Gasteiger charge is 2.17. The molecule has 5 heteroatoms. The Labute approximate surface area is 128 Å². The number of halogens is 1. The summed E-state index contributed by atoms with van der Waals surface area (Å²) in [4.78, 5) is 0. The molecule has 0 fully saturated rings. The van der Waals surface area contributed by atoms with E-state index >= 15 is 0 Å². The second kappa shape index (κ2) is 7.29. The number of benzene rings is 1. The summed E-state index contributed by atoms with van der Waals surface area (Å²) in [5.74, 6) is 2.07. The third-order valence-electron chi connectivity index (χ3n) is 3.47. The van der Waals surface area contributed by atoms with E-state index in [-0.39, 0.29) is 6.61 Å². The van der Waals surface area contributed by atoms with Crippen molar-refractivity contribution in [3.05, 3.63) is 22.2 Å². The smallest absolute Gasteiger partial charge is 0.175 e. The minimum Gasteiger partial charge on any atom is -0.486 e. The molecule has 1 aromatic rings. The molecule has 0 amide bonds. The number of ether oxygens (including phenoxy) is 2. The Kier molecular flexibility index (Phi) is 5.69. The zero-order valence-corrected chi connectivity index (χ0v) is 13.6. The minimum atomic E-state index is 0.209. The number of rotatable bonds is 6. The molecular weight excluding hydrogens is 322 g/mol. The highest BCUT2D eigenvalue weighted by molar-refractivity contribution is 9.10. The summed E-state index contributed by atoms with van der Waals surface area (Å²) in [5, 5.41) is 12.6. The van der Waals surface area contributed by atoms with Crippen molar-refractivity contribution in [1.82, 2.24) is 5.32 Å². The summed E-state index contributed by atoms with van der Waals surface area (Å²) in [6, 6.07) is 4.38. The molecule has 0 saturated heterocycles. The molecule has 0 aromatic heterocycles. The average Bonchev–Trinajstić information content (AvgIpc) is 2.43. The number of nitrogens with one attached hydrogen (secondary N) is 1. The van der Waals surface area contributed by atoms with Gasteiger partial charge in [-0.05, 0) is 46.0 Å². The van der Waals surface area contributed by atoms with Crippen LogP contribution in [0.5, 0.6) is 11.5 Å². The Morgan fingerprint density at radius 1 is 1.30 bits per heavy atom. The minimum absolute atomic E-state index is 0.209. The maximum atomic E-state index is 9.10. The molecule has 1 heterocycles. The first kappa shape index (κ1) is 15.6. The zero-order valence-electron chi connectivity index (χ0n) is 12.0. The molecule has 1 aliphatic heterocycles. The molecule has 4 nitrogen and oxygen atoms in total. The van der Waals surface area contributed by atoms with Gasteiger partial charge in [0.15, 0.2) is 11.5 Å². The van der Waals surface area contributed by atoms with Gasteiger partial charge in [-0.2, -0.15) is 0 Å². The van der Waals surface area contributed by atoms with Gasteiger partial charge in [-0.1, -0.05) is 13.8 Å². The van der Waals surface area contributed by atoms with Crippen molar-refractivity contribution in [1.29, 1.82) is 0 Å². The van der Waals surface area contributed by atoms with Crippen LogP contribution in [0, 0.1) is 5.92 Å². The van der Waals surface area contributed by atoms with E-state index in [0.29, 0.717) is 25.2 Å². The fourth-order valence-electron chi connectivity index (χ4n) is 2.33. The first-order chi connectivity index (χ1) is 9.61. The van der Waals surface area contributed by atoms with Crippen LogP contribution in [-0.2, 0) is 6.54 Å². The van der Waals surface area contributed by atoms with E-state index in [1.165, 1.54) is 0 Å². The van der Waals surface area contributed by atoms with Crippen LogP contribution in [0.15, 0.2) is 16.6 Å². The van der Waals surface area contributed by atoms with E-state index in [4.69, 9.17) is 14.6 Å². The largest absolute Gasteiger partial charge is 0.486 e. The lowest BCUT2D eigenvalue weighted by atomic mass is 10.0. The van der Waals surface area contributed by atoms with Crippen LogP contribution in [0.25, 0.3) is 0 Å². The molecule has 2 N–H and O–H groups in total. The Morgan fingerprint density at radius 3 is 2.75 bits per heavy atom. The summed E-state index contributed by atoms with van der Waals surface area (Å²) in [6.07, 6.45) is 0.767. The molecule has 0 spiro atoms. The number of hydrogen-bond donors (Lipinski definition) is 2. The predicted molar refractivity (Wildman–Crippen MR) is 82.3 cm³/mol. The summed E-state index contributed by atoms with van der Waals surface area (Å²) in [5.41, 5.74) is 1.14. The molecule has 0 saturated carbocycles. The maximum absolute atomic E-state index is 9.10. The SMILES string of the molecule is CC(C)C(CCO)NCc1cc(Br)c2c(c1)OCCO2. The third kappa shape index (κ3) is 3.87. The molecule has 2 rings (SSSR count). The van der Waals surface area contributed by atoms with E-state index < -0.39 is 0 Å². The fraction of sp³-hybridized carbons (Fsp3) is 0.600. The predicted octanol–water partition coefficient (Wildman–Crippen LogP) is 2.72. The van der Waals surface area contributed by atoms with Crippen LogP contribution in [-0.4, -0.2) is 31.0 Å². The van der Waals surface area contributed by atoms with Crippen molar-refractivity contribution in [2.24, 2.45) is 5.92 Å². The van der Waals surface area contributed by atoms with Crippen molar-refractivity contribution in [3.8, 4) is 11.5 Å². The van der Waals surface area contributed by atoms with Gasteiger partial charge in [0.05, 0.1) is 4.47 Å². The van der Waals surface area contributed by atoms with Crippen LogP contribution >= 0.6 is 15.9 Å². The summed E-state index contributed by atoms with van der Waals surface area (Å²) in [6.45, 7) is 6.46. The van der Waals surface area contributed by atoms with Crippen LogP contribution < -0.4 is 14.8 Å². The summed E-state index contributed by atoms with van der Waals surface area (Å²) < 4.78 is 12.1. The Morgan fingerprint density at radius 2 is 2.05 bits per heavy atom. The highest BCUT2D eigenvalue weighted by atomic mass is 79.9. The maximum Gasteiger partial charge on any atom is 0.175 e. The first-order valence-corrected chi connectivity index (χ1v) is 7.83. The van der Waals surface area contributed by atoms with Crippen LogP contribution in [0.4, 0.5) is 0 Å². The quantitative estimate of drug-likeness (QED) is 0.833. The molecule has 1 aliphatic rings. The van der Waals surface area contributed by atoms with Crippen molar-refractivity contribution in [3.63, 3.8) is 0 Å². The number of aliphatic hydroxyl groups is 1. The molecular formula is C15H22BrNO3. The number of fused-ring (bicyclic) bond motifs is 1. The topological polar surface area (TPSA) is 50.7 Å². The van der Waals surface area contributed by atoms with Crippen LogP contribution in [0.1, 0.15) is 25.8 Å². The van der Waals surface area contributed by atoms with Crippen molar-refractivity contribution < 1.29 is 14.6 Å². The van der Waals surface area contributed by atoms with Gasteiger partial charge in [0, 0.05) is 19.2 Å². The third-order valence-corrected chi connectivity index (χ3v) is 4.06. The second-order valence-corrected chi connectivity index (χ2v) is 6.20. The van der Waals surface area contributed by atoms with E-state index in [1.54, 1.807) is 0 Å². The van der Waals surface area contributed by atoms with Gasteiger partial charge in [-0.3, -0.25) is 0 Å².